The summed E-state index contributed by atoms with van der Waals surface area (Å²) in [4.78, 5) is 2.48. The van der Waals surface area contributed by atoms with Gasteiger partial charge in [-0.1, -0.05) is 6.92 Å². The Hall–Kier alpha value is -1.69. The van der Waals surface area contributed by atoms with Crippen molar-refractivity contribution in [1.82, 2.24) is 25.1 Å². The van der Waals surface area contributed by atoms with E-state index in [1.165, 1.54) is 37.9 Å². The van der Waals surface area contributed by atoms with Crippen LogP contribution >= 0.6 is 0 Å². The van der Waals surface area contributed by atoms with Crippen LogP contribution in [0.4, 0.5) is 0 Å². The van der Waals surface area contributed by atoms with Crippen LogP contribution in [0.3, 0.4) is 0 Å². The van der Waals surface area contributed by atoms with Crippen LogP contribution in [0.25, 0.3) is 0 Å². The zero-order chi connectivity index (χ0) is 15.4. The molecule has 6 nitrogen and oxygen atoms in total. The lowest BCUT2D eigenvalue weighted by atomic mass is 10.3. The summed E-state index contributed by atoms with van der Waals surface area (Å²) in [6, 6.07) is 5.52. The molecule has 0 amide bonds. The lowest BCUT2D eigenvalue weighted by molar-refractivity contribution is 0.213. The Morgan fingerprint density at radius 3 is 2.74 bits per heavy atom. The topological polar surface area (TPSA) is 60.0 Å². The summed E-state index contributed by atoms with van der Waals surface area (Å²) in [6.07, 6.45) is 6.25. The minimum Gasteiger partial charge on any atom is -0.464 e. The van der Waals surface area contributed by atoms with Crippen molar-refractivity contribution < 1.29 is 4.42 Å². The third-order valence-corrected chi connectivity index (χ3v) is 5.38. The fourth-order valence-electron chi connectivity index (χ4n) is 3.45. The van der Waals surface area contributed by atoms with E-state index < -0.39 is 0 Å². The van der Waals surface area contributed by atoms with Gasteiger partial charge in [-0.3, -0.25) is 4.90 Å². The molecule has 3 aliphatic rings. The summed E-state index contributed by atoms with van der Waals surface area (Å²) >= 11 is 0. The lowest BCUT2D eigenvalue weighted by Crippen LogP contribution is -2.26. The lowest BCUT2D eigenvalue weighted by Gasteiger charge is -2.20. The molecule has 0 saturated heterocycles. The van der Waals surface area contributed by atoms with Crippen LogP contribution in [-0.4, -0.2) is 31.1 Å². The van der Waals surface area contributed by atoms with E-state index in [1.807, 2.05) is 4.68 Å². The third-order valence-electron chi connectivity index (χ3n) is 5.38. The normalized spacial score (nSPS) is 26.9. The fourth-order valence-corrected chi connectivity index (χ4v) is 3.45. The molecular formula is C17H23N5O. The molecule has 3 aliphatic carbocycles. The first-order valence-electron chi connectivity index (χ1n) is 8.87. The summed E-state index contributed by atoms with van der Waals surface area (Å²) in [5.74, 6) is 4.70. The van der Waals surface area contributed by atoms with E-state index in [4.69, 9.17) is 4.42 Å². The molecule has 2 aromatic rings. The smallest absolute Gasteiger partial charge is 0.165 e. The molecule has 0 bridgehead atoms. The molecule has 3 fully saturated rings. The zero-order valence-corrected chi connectivity index (χ0v) is 13.6. The van der Waals surface area contributed by atoms with Gasteiger partial charge < -0.3 is 4.42 Å². The molecule has 6 heteroatoms. The highest BCUT2D eigenvalue weighted by Crippen LogP contribution is 2.47. The molecule has 5 rings (SSSR count). The van der Waals surface area contributed by atoms with Crippen LogP contribution in [0, 0.1) is 5.92 Å². The number of aromatic nitrogens is 4. The predicted molar refractivity (Wildman–Crippen MR) is 83.6 cm³/mol. The van der Waals surface area contributed by atoms with Crippen molar-refractivity contribution in [3.8, 4) is 0 Å². The predicted octanol–water partition coefficient (Wildman–Crippen LogP) is 2.89. The van der Waals surface area contributed by atoms with Gasteiger partial charge in [0, 0.05) is 12.0 Å². The molecule has 122 valence electrons. The van der Waals surface area contributed by atoms with Gasteiger partial charge in [-0.15, -0.1) is 5.10 Å². The van der Waals surface area contributed by atoms with Gasteiger partial charge in [0.15, 0.2) is 5.82 Å². The largest absolute Gasteiger partial charge is 0.464 e. The highest BCUT2D eigenvalue weighted by atomic mass is 16.3. The van der Waals surface area contributed by atoms with Crippen molar-refractivity contribution in [1.29, 1.82) is 0 Å². The number of nitrogens with zero attached hydrogens (tertiary/aromatic N) is 5. The van der Waals surface area contributed by atoms with Crippen molar-refractivity contribution in [2.45, 2.75) is 70.1 Å². The summed E-state index contributed by atoms with van der Waals surface area (Å²) in [6.45, 7) is 3.98. The number of tetrazole rings is 1. The number of rotatable bonds is 7. The Morgan fingerprint density at radius 2 is 2.04 bits per heavy atom. The maximum atomic E-state index is 6.10. The highest BCUT2D eigenvalue weighted by Gasteiger charge is 2.37. The molecule has 2 aromatic heterocycles. The first kappa shape index (κ1) is 13.7. The van der Waals surface area contributed by atoms with Crippen LogP contribution in [0.5, 0.6) is 0 Å². The van der Waals surface area contributed by atoms with E-state index in [0.29, 0.717) is 18.0 Å². The average molecular weight is 313 g/mol. The standard InChI is InChI=1S/C17H23N5O/c1-11-8-15(11)16-7-6-14(23-16)9-21(12-2-3-12)10-17-18-19-20-22(17)13-4-5-13/h6-7,11-13,15H,2-5,8-10H2,1H3/t11-,15-/m0/s1. The number of furan rings is 1. The van der Waals surface area contributed by atoms with Crippen LogP contribution < -0.4 is 0 Å². The van der Waals surface area contributed by atoms with Crippen LogP contribution in [0.2, 0.25) is 0 Å². The molecule has 3 saturated carbocycles. The van der Waals surface area contributed by atoms with Crippen molar-refractivity contribution in [3.63, 3.8) is 0 Å². The molecule has 23 heavy (non-hydrogen) atoms. The minimum atomic E-state index is 0.535. The first-order valence-corrected chi connectivity index (χ1v) is 8.87. The van der Waals surface area contributed by atoms with E-state index in [-0.39, 0.29) is 0 Å². The SMILES string of the molecule is C[C@H]1C[C@@H]1c1ccc(CN(Cc2nnnn2C2CC2)C2CC2)o1. The van der Waals surface area contributed by atoms with Crippen molar-refractivity contribution in [2.75, 3.05) is 0 Å². The summed E-state index contributed by atoms with van der Waals surface area (Å²) < 4.78 is 8.12. The number of hydrogen-bond donors (Lipinski definition) is 0. The van der Waals surface area contributed by atoms with Gasteiger partial charge in [-0.05, 0) is 60.6 Å². The van der Waals surface area contributed by atoms with Crippen molar-refractivity contribution >= 4 is 0 Å². The van der Waals surface area contributed by atoms with E-state index in [0.717, 1.165) is 30.6 Å². The molecule has 0 aromatic carbocycles. The Morgan fingerprint density at radius 1 is 1.22 bits per heavy atom. The maximum absolute atomic E-state index is 6.10. The molecule has 0 N–H and O–H groups in total. The van der Waals surface area contributed by atoms with Gasteiger partial charge in [-0.2, -0.15) is 0 Å². The van der Waals surface area contributed by atoms with E-state index in [2.05, 4.69) is 39.5 Å². The zero-order valence-electron chi connectivity index (χ0n) is 13.6. The van der Waals surface area contributed by atoms with E-state index in [1.54, 1.807) is 0 Å². The van der Waals surface area contributed by atoms with E-state index in [9.17, 15) is 0 Å². The fraction of sp³-hybridized carbons (Fsp3) is 0.706. The Kier molecular flexibility index (Phi) is 3.08. The summed E-state index contributed by atoms with van der Waals surface area (Å²) in [7, 11) is 0. The third kappa shape index (κ3) is 2.80. The van der Waals surface area contributed by atoms with Gasteiger partial charge in [0.1, 0.15) is 11.5 Å². The Labute approximate surface area is 135 Å². The monoisotopic (exact) mass is 313 g/mol. The quantitative estimate of drug-likeness (QED) is 0.786. The van der Waals surface area contributed by atoms with Gasteiger partial charge in [0.2, 0.25) is 0 Å². The van der Waals surface area contributed by atoms with Gasteiger partial charge in [0.25, 0.3) is 0 Å². The Bertz CT molecular complexity index is 699. The molecule has 0 radical (unpaired) electrons. The minimum absolute atomic E-state index is 0.535. The molecule has 0 aliphatic heterocycles. The second-order valence-electron chi connectivity index (χ2n) is 7.53. The summed E-state index contributed by atoms with van der Waals surface area (Å²) in [5, 5.41) is 12.3. The van der Waals surface area contributed by atoms with Crippen LogP contribution in [0.1, 0.15) is 68.3 Å². The van der Waals surface area contributed by atoms with Gasteiger partial charge >= 0.3 is 0 Å². The second kappa shape index (κ2) is 5.16. The Balaban J connectivity index is 1.30. The van der Waals surface area contributed by atoms with Gasteiger partial charge in [0.05, 0.1) is 19.1 Å². The highest BCUT2D eigenvalue weighted by molar-refractivity contribution is 5.17. The molecule has 2 atom stereocenters. The number of hydrogen-bond acceptors (Lipinski definition) is 5. The maximum Gasteiger partial charge on any atom is 0.165 e. The van der Waals surface area contributed by atoms with Gasteiger partial charge in [-0.25, -0.2) is 4.68 Å². The molecule has 0 spiro atoms. The van der Waals surface area contributed by atoms with Crippen LogP contribution in [-0.2, 0) is 13.1 Å². The van der Waals surface area contributed by atoms with Crippen molar-refractivity contribution in [3.05, 3.63) is 29.5 Å². The average Bonchev–Trinajstić information content (AvgIpc) is 3.47. The second-order valence-corrected chi connectivity index (χ2v) is 7.53. The molecule has 0 unspecified atom stereocenters. The van der Waals surface area contributed by atoms with Crippen LogP contribution in [0.15, 0.2) is 16.5 Å². The molecule has 2 heterocycles. The van der Waals surface area contributed by atoms with E-state index >= 15 is 0 Å². The first-order chi connectivity index (χ1) is 11.3. The summed E-state index contributed by atoms with van der Waals surface area (Å²) in [5.41, 5.74) is 0. The molecular weight excluding hydrogens is 290 g/mol. The van der Waals surface area contributed by atoms with Crippen molar-refractivity contribution in [2.24, 2.45) is 5.92 Å².